The van der Waals surface area contributed by atoms with E-state index in [-0.39, 0.29) is 12.8 Å². The maximum atomic E-state index is 13.1. The Bertz CT molecular complexity index is 455. The third kappa shape index (κ3) is 2.78. The number of nitrogens with zero attached hydrogens (tertiary/aromatic N) is 1. The number of piperidine rings is 1. The molecule has 4 heteroatoms. The monoisotopic (exact) mass is 299 g/mol. The summed E-state index contributed by atoms with van der Waals surface area (Å²) in [6, 6.07) is 5.57. The van der Waals surface area contributed by atoms with Gasteiger partial charge in [0.05, 0.1) is 5.69 Å². The molecule has 0 saturated carbocycles. The number of anilines is 1. The number of halogens is 3. The average molecular weight is 300 g/mol. The summed E-state index contributed by atoms with van der Waals surface area (Å²) in [5.74, 6) is 0.0619. The third-order valence-corrected chi connectivity index (χ3v) is 3.44. The normalized spacial score (nSPS) is 18.8. The number of rotatable bonds is 1. The van der Waals surface area contributed by atoms with Gasteiger partial charge >= 0.3 is 0 Å². The Hall–Kier alpha value is -1.08. The Labute approximate surface area is 108 Å². The fraction of sp³-hybridized carbons (Fsp3) is 0.385. The Morgan fingerprint density at radius 1 is 1.29 bits per heavy atom. The van der Waals surface area contributed by atoms with E-state index in [2.05, 4.69) is 21.9 Å². The summed E-state index contributed by atoms with van der Waals surface area (Å²) in [5.41, 5.74) is 1.61. The summed E-state index contributed by atoms with van der Waals surface area (Å²) in [7, 11) is 0. The van der Waals surface area contributed by atoms with Gasteiger partial charge in [-0.05, 0) is 18.2 Å². The lowest BCUT2D eigenvalue weighted by molar-refractivity contribution is -0.0220. The van der Waals surface area contributed by atoms with Crippen LogP contribution in [0.4, 0.5) is 14.5 Å². The molecule has 0 amide bonds. The van der Waals surface area contributed by atoms with Crippen LogP contribution in [0, 0.1) is 12.3 Å². The number of alkyl halides is 2. The minimum atomic E-state index is -2.53. The maximum absolute atomic E-state index is 13.1. The standard InChI is InChI=1S/C13H12BrF2N/c1-2-10-3-4-11(14)9-12(10)17-7-5-13(15,16)6-8-17/h1,3-4,9H,5-8H2. The van der Waals surface area contributed by atoms with Crippen LogP contribution in [0.1, 0.15) is 18.4 Å². The molecule has 17 heavy (non-hydrogen) atoms. The first-order valence-electron chi connectivity index (χ1n) is 5.41. The van der Waals surface area contributed by atoms with Crippen molar-refractivity contribution in [3.8, 4) is 12.3 Å². The summed E-state index contributed by atoms with van der Waals surface area (Å²) in [4.78, 5) is 1.93. The smallest absolute Gasteiger partial charge is 0.251 e. The first kappa shape index (κ1) is 12.4. The molecule has 0 spiro atoms. The van der Waals surface area contributed by atoms with Crippen LogP contribution in [0.5, 0.6) is 0 Å². The highest BCUT2D eigenvalue weighted by molar-refractivity contribution is 9.10. The van der Waals surface area contributed by atoms with Gasteiger partial charge in [0.2, 0.25) is 0 Å². The summed E-state index contributed by atoms with van der Waals surface area (Å²) in [6.07, 6.45) is 5.21. The molecule has 0 N–H and O–H groups in total. The summed E-state index contributed by atoms with van der Waals surface area (Å²) < 4.78 is 27.1. The van der Waals surface area contributed by atoms with E-state index in [1.165, 1.54) is 0 Å². The van der Waals surface area contributed by atoms with Gasteiger partial charge in [-0.2, -0.15) is 0 Å². The Kier molecular flexibility index (Phi) is 3.39. The zero-order valence-electron chi connectivity index (χ0n) is 9.22. The largest absolute Gasteiger partial charge is 0.370 e. The van der Waals surface area contributed by atoms with Gasteiger partial charge in [-0.15, -0.1) is 6.42 Å². The number of hydrogen-bond acceptors (Lipinski definition) is 1. The molecule has 0 radical (unpaired) electrons. The van der Waals surface area contributed by atoms with Gasteiger partial charge in [0, 0.05) is 36.0 Å². The molecule has 1 heterocycles. The van der Waals surface area contributed by atoms with Crippen molar-refractivity contribution < 1.29 is 8.78 Å². The summed E-state index contributed by atoms with van der Waals surface area (Å²) >= 11 is 3.37. The first-order chi connectivity index (χ1) is 8.02. The van der Waals surface area contributed by atoms with E-state index in [9.17, 15) is 8.78 Å². The zero-order valence-corrected chi connectivity index (χ0v) is 10.8. The predicted molar refractivity (Wildman–Crippen MR) is 68.5 cm³/mol. The van der Waals surface area contributed by atoms with E-state index in [0.29, 0.717) is 13.1 Å². The Balaban J connectivity index is 2.24. The van der Waals surface area contributed by atoms with Gasteiger partial charge in [-0.25, -0.2) is 8.78 Å². The van der Waals surface area contributed by atoms with Gasteiger partial charge in [0.1, 0.15) is 0 Å². The van der Waals surface area contributed by atoms with Crippen LogP contribution in [-0.4, -0.2) is 19.0 Å². The van der Waals surface area contributed by atoms with Crippen LogP contribution in [0.3, 0.4) is 0 Å². The number of hydrogen-bond donors (Lipinski definition) is 0. The molecular weight excluding hydrogens is 288 g/mol. The molecule has 0 aromatic heterocycles. The first-order valence-corrected chi connectivity index (χ1v) is 6.20. The molecule has 1 nitrogen and oxygen atoms in total. The zero-order chi connectivity index (χ0) is 12.5. The molecule has 0 unspecified atom stereocenters. The van der Waals surface area contributed by atoms with Crippen molar-refractivity contribution in [2.45, 2.75) is 18.8 Å². The van der Waals surface area contributed by atoms with Crippen LogP contribution in [-0.2, 0) is 0 Å². The second-order valence-electron chi connectivity index (χ2n) is 4.15. The summed E-state index contributed by atoms with van der Waals surface area (Å²) in [6.45, 7) is 0.691. The van der Waals surface area contributed by atoms with Gasteiger partial charge < -0.3 is 4.90 Å². The molecule has 1 aliphatic heterocycles. The summed E-state index contributed by atoms with van der Waals surface area (Å²) in [5, 5.41) is 0. The maximum Gasteiger partial charge on any atom is 0.251 e. The lowest BCUT2D eigenvalue weighted by Crippen LogP contribution is -2.39. The molecule has 1 aliphatic rings. The fourth-order valence-electron chi connectivity index (χ4n) is 1.96. The Morgan fingerprint density at radius 2 is 1.94 bits per heavy atom. The lowest BCUT2D eigenvalue weighted by atomic mass is 10.0. The van der Waals surface area contributed by atoms with Crippen LogP contribution in [0.25, 0.3) is 0 Å². The van der Waals surface area contributed by atoms with Gasteiger partial charge in [-0.1, -0.05) is 21.9 Å². The third-order valence-electron chi connectivity index (χ3n) is 2.95. The van der Waals surface area contributed by atoms with E-state index in [4.69, 9.17) is 6.42 Å². The second-order valence-corrected chi connectivity index (χ2v) is 5.06. The van der Waals surface area contributed by atoms with Crippen molar-refractivity contribution in [1.82, 2.24) is 0 Å². The molecule has 90 valence electrons. The second kappa shape index (κ2) is 4.66. The number of benzene rings is 1. The fourth-order valence-corrected chi connectivity index (χ4v) is 2.31. The highest BCUT2D eigenvalue weighted by atomic mass is 79.9. The van der Waals surface area contributed by atoms with Crippen molar-refractivity contribution in [3.63, 3.8) is 0 Å². The molecule has 1 saturated heterocycles. The van der Waals surface area contributed by atoms with E-state index in [0.717, 1.165) is 15.7 Å². The quantitative estimate of drug-likeness (QED) is 0.715. The topological polar surface area (TPSA) is 3.24 Å². The average Bonchev–Trinajstić information content (AvgIpc) is 2.29. The molecule has 1 aromatic carbocycles. The van der Waals surface area contributed by atoms with E-state index < -0.39 is 5.92 Å². The molecule has 0 aliphatic carbocycles. The van der Waals surface area contributed by atoms with Crippen LogP contribution >= 0.6 is 15.9 Å². The predicted octanol–water partition coefficient (Wildman–Crippen LogP) is 3.67. The van der Waals surface area contributed by atoms with Gasteiger partial charge in [0.15, 0.2) is 0 Å². The minimum Gasteiger partial charge on any atom is -0.370 e. The highest BCUT2D eigenvalue weighted by Gasteiger charge is 2.34. The van der Waals surface area contributed by atoms with Crippen molar-refractivity contribution in [3.05, 3.63) is 28.2 Å². The van der Waals surface area contributed by atoms with Crippen molar-refractivity contribution in [2.75, 3.05) is 18.0 Å². The highest BCUT2D eigenvalue weighted by Crippen LogP contribution is 2.32. The SMILES string of the molecule is C#Cc1ccc(Br)cc1N1CCC(F)(F)CC1. The molecule has 0 bridgehead atoms. The molecule has 0 atom stereocenters. The van der Waals surface area contributed by atoms with Crippen molar-refractivity contribution in [1.29, 1.82) is 0 Å². The Morgan fingerprint density at radius 3 is 2.53 bits per heavy atom. The van der Waals surface area contributed by atoms with Crippen LogP contribution in [0.15, 0.2) is 22.7 Å². The van der Waals surface area contributed by atoms with Crippen molar-refractivity contribution in [2.24, 2.45) is 0 Å². The van der Waals surface area contributed by atoms with Gasteiger partial charge in [0.25, 0.3) is 5.92 Å². The molecule has 1 fully saturated rings. The lowest BCUT2D eigenvalue weighted by Gasteiger charge is -2.34. The molecule has 2 rings (SSSR count). The molecule has 1 aromatic rings. The van der Waals surface area contributed by atoms with Crippen LogP contribution in [0.2, 0.25) is 0 Å². The van der Waals surface area contributed by atoms with E-state index >= 15 is 0 Å². The van der Waals surface area contributed by atoms with Crippen LogP contribution < -0.4 is 4.90 Å². The number of terminal acetylenes is 1. The van der Waals surface area contributed by atoms with E-state index in [1.54, 1.807) is 0 Å². The van der Waals surface area contributed by atoms with Crippen molar-refractivity contribution >= 4 is 21.6 Å². The van der Waals surface area contributed by atoms with E-state index in [1.807, 2.05) is 23.1 Å². The van der Waals surface area contributed by atoms with Gasteiger partial charge in [-0.3, -0.25) is 0 Å². The minimum absolute atomic E-state index is 0.108. The molecular formula is C13H12BrF2N.